The fourth-order valence-corrected chi connectivity index (χ4v) is 0. The van der Waals surface area contributed by atoms with Gasteiger partial charge in [-0.3, -0.25) is 0 Å². The molecular weight excluding hydrogens is 114 g/mol. The lowest BCUT2D eigenvalue weighted by molar-refractivity contribution is 0.824. The van der Waals surface area contributed by atoms with Crippen molar-refractivity contribution in [2.45, 2.75) is 0 Å². The van der Waals surface area contributed by atoms with Crippen molar-refractivity contribution in [1.29, 1.82) is 0 Å². The van der Waals surface area contributed by atoms with Gasteiger partial charge in [0.1, 0.15) is 0 Å². The molecule has 5 N–H and O–H groups in total. The molecule has 0 bridgehead atoms. The summed E-state index contributed by atoms with van der Waals surface area (Å²) in [5, 5.41) is 0. The van der Waals surface area contributed by atoms with E-state index in [0.29, 0.717) is 0 Å². The number of rotatable bonds is 0. The molecular formula is H17NOSi3. The predicted octanol–water partition coefficient (Wildman–Crippen LogP) is -5.02. The highest BCUT2D eigenvalue weighted by molar-refractivity contribution is 5.76. The minimum absolute atomic E-state index is 0. The van der Waals surface area contributed by atoms with Crippen LogP contribution in [0, 0.1) is 0 Å². The Labute approximate surface area is 45.3 Å². The second-order valence-corrected chi connectivity index (χ2v) is 0. The molecule has 0 rings (SSSR count). The van der Waals surface area contributed by atoms with Crippen LogP contribution in [0.4, 0.5) is 0 Å². The van der Waals surface area contributed by atoms with Gasteiger partial charge in [-0.1, -0.05) is 0 Å². The van der Waals surface area contributed by atoms with Crippen LogP contribution in [0.3, 0.4) is 0 Å². The molecule has 0 aliphatic carbocycles. The average molecular weight is 131 g/mol. The van der Waals surface area contributed by atoms with Crippen molar-refractivity contribution >= 4 is 32.9 Å². The first-order chi connectivity index (χ1) is 0. The van der Waals surface area contributed by atoms with Gasteiger partial charge < -0.3 is 11.6 Å². The van der Waals surface area contributed by atoms with Crippen LogP contribution in [0.15, 0.2) is 0 Å². The fourth-order valence-electron chi connectivity index (χ4n) is 0. The second-order valence-electron chi connectivity index (χ2n) is 0. The average Bonchev–Trinajstić information content (AvgIpc) is 0. The first-order valence-corrected chi connectivity index (χ1v) is 0. The zero-order valence-electron chi connectivity index (χ0n) is 1.21. The Balaban J connectivity index is 0. The smallest absolute Gasteiger partial charge is 0.0149 e. The molecule has 2 nitrogen and oxygen atoms in total. The van der Waals surface area contributed by atoms with Crippen LogP contribution in [0.5, 0.6) is 0 Å². The summed E-state index contributed by atoms with van der Waals surface area (Å²) in [6, 6.07) is 0. The molecule has 0 aliphatic rings. The predicted molar refractivity (Wildman–Crippen MR) is 42.6 cm³/mol. The molecule has 0 aromatic rings. The van der Waals surface area contributed by atoms with E-state index in [2.05, 4.69) is 0 Å². The molecule has 0 atom stereocenters. The van der Waals surface area contributed by atoms with Gasteiger partial charge in [0, 0.05) is 0 Å². The van der Waals surface area contributed by atoms with Crippen LogP contribution in [0.25, 0.3) is 0 Å². The van der Waals surface area contributed by atoms with Crippen LogP contribution in [-0.2, 0) is 0 Å². The van der Waals surface area contributed by atoms with E-state index in [0.717, 1.165) is 0 Å². The Morgan fingerprint density at radius 1 is 0.600 bits per heavy atom. The van der Waals surface area contributed by atoms with Gasteiger partial charge in [-0.25, -0.2) is 0 Å². The molecule has 0 aliphatic heterocycles. The summed E-state index contributed by atoms with van der Waals surface area (Å²) >= 11 is 0. The van der Waals surface area contributed by atoms with Gasteiger partial charge in [0.05, 0.1) is 0 Å². The van der Waals surface area contributed by atoms with Crippen molar-refractivity contribution in [1.82, 2.24) is 6.15 Å². The summed E-state index contributed by atoms with van der Waals surface area (Å²) in [5.41, 5.74) is 0. The summed E-state index contributed by atoms with van der Waals surface area (Å²) in [4.78, 5) is 0. The van der Waals surface area contributed by atoms with Crippen molar-refractivity contribution < 1.29 is 5.48 Å². The first kappa shape index (κ1) is 357. The topological polar surface area (TPSA) is 66.5 Å². The highest BCUT2D eigenvalue weighted by atomic mass is 28.1. The Hall–Kier alpha value is 0.571. The minimum Gasteiger partial charge on any atom is -0.412 e. The van der Waals surface area contributed by atoms with Crippen LogP contribution >= 0.6 is 0 Å². The van der Waals surface area contributed by atoms with E-state index >= 15 is 0 Å². The highest BCUT2D eigenvalue weighted by Gasteiger charge is -0.0128. The Morgan fingerprint density at radius 2 is 0.600 bits per heavy atom. The van der Waals surface area contributed by atoms with E-state index in [1.165, 1.54) is 0 Å². The highest BCUT2D eigenvalue weighted by Crippen LogP contribution is -0.289. The SMILES string of the molecule is N.O.[SiH4].[SiH4].[SiH4]. The minimum atomic E-state index is 0. The van der Waals surface area contributed by atoms with Crippen molar-refractivity contribution in [2.75, 3.05) is 0 Å². The Morgan fingerprint density at radius 3 is 0.600 bits per heavy atom. The normalized spacial score (nSPS) is 0. The molecule has 0 amide bonds. The molecule has 0 fully saturated rings. The van der Waals surface area contributed by atoms with Gasteiger partial charge in [-0.2, -0.15) is 0 Å². The van der Waals surface area contributed by atoms with Gasteiger partial charge in [-0.05, 0) is 32.9 Å². The van der Waals surface area contributed by atoms with Crippen molar-refractivity contribution in [3.63, 3.8) is 0 Å². The third-order valence-corrected chi connectivity index (χ3v) is 0. The molecule has 0 saturated heterocycles. The monoisotopic (exact) mass is 131 g/mol. The van der Waals surface area contributed by atoms with E-state index < -0.39 is 0 Å². The van der Waals surface area contributed by atoms with Crippen LogP contribution < -0.4 is 6.15 Å². The van der Waals surface area contributed by atoms with Crippen LogP contribution in [-0.4, -0.2) is 38.4 Å². The van der Waals surface area contributed by atoms with Gasteiger partial charge in [0.15, 0.2) is 0 Å². The lowest BCUT2D eigenvalue weighted by atomic mass is 14.0. The van der Waals surface area contributed by atoms with Crippen molar-refractivity contribution in [3.8, 4) is 0 Å². The molecule has 0 spiro atoms. The van der Waals surface area contributed by atoms with E-state index in [1.54, 1.807) is 0 Å². The first-order valence-electron chi connectivity index (χ1n) is 0. The van der Waals surface area contributed by atoms with E-state index in [-0.39, 0.29) is 44.5 Å². The summed E-state index contributed by atoms with van der Waals surface area (Å²) in [6.45, 7) is 0. The summed E-state index contributed by atoms with van der Waals surface area (Å²) in [6.07, 6.45) is 0. The Bertz CT molecular complexity index is 6.85. The maximum Gasteiger partial charge on any atom is -0.0149 e. The lowest BCUT2D eigenvalue weighted by Crippen LogP contribution is -0.481. The Kier molecular flexibility index (Phi) is 12800. The summed E-state index contributed by atoms with van der Waals surface area (Å²) in [5.74, 6) is 0. The molecule has 5 heavy (non-hydrogen) atoms. The molecule has 0 heterocycles. The van der Waals surface area contributed by atoms with Crippen LogP contribution in [0.2, 0.25) is 0 Å². The van der Waals surface area contributed by atoms with Gasteiger partial charge in [0.2, 0.25) is 0 Å². The maximum absolute atomic E-state index is 0. The van der Waals surface area contributed by atoms with Crippen LogP contribution in [0.1, 0.15) is 0 Å². The van der Waals surface area contributed by atoms with E-state index in [1.807, 2.05) is 0 Å². The molecule has 5 heteroatoms. The standard InChI is InChI=1S/H3N.H2O.3H4Si/h1H3;1H2;3*1H4. The van der Waals surface area contributed by atoms with E-state index in [4.69, 9.17) is 0 Å². The molecule has 0 aromatic carbocycles. The van der Waals surface area contributed by atoms with Gasteiger partial charge in [-0.15, -0.1) is 0 Å². The number of hydrogen-bond donors (Lipinski definition) is 1. The van der Waals surface area contributed by atoms with Gasteiger partial charge >= 0.3 is 0 Å². The second kappa shape index (κ2) is 179. The maximum atomic E-state index is 0. The largest absolute Gasteiger partial charge is 0.412 e. The van der Waals surface area contributed by atoms with Gasteiger partial charge in [0.25, 0.3) is 0 Å². The molecule has 0 unspecified atom stereocenters. The third kappa shape index (κ3) is 92.8. The summed E-state index contributed by atoms with van der Waals surface area (Å²) in [7, 11) is 0. The zero-order valence-corrected chi connectivity index (χ0v) is 1.21. The summed E-state index contributed by atoms with van der Waals surface area (Å²) < 4.78 is 0. The van der Waals surface area contributed by atoms with Crippen molar-refractivity contribution in [3.05, 3.63) is 0 Å². The quantitative estimate of drug-likeness (QED) is 0.329. The zero-order chi connectivity index (χ0) is 0. The molecule has 40 valence electrons. The lowest BCUT2D eigenvalue weighted by Gasteiger charge is -0.412. The molecule has 0 saturated carbocycles. The van der Waals surface area contributed by atoms with E-state index in [9.17, 15) is 0 Å². The molecule has 0 radical (unpaired) electrons. The van der Waals surface area contributed by atoms with Crippen molar-refractivity contribution in [2.24, 2.45) is 0 Å². The molecule has 0 aromatic heterocycles. The third-order valence-electron chi connectivity index (χ3n) is 0. The fraction of sp³-hybridized carbons (Fsp3) is 0. The number of hydrogen-bond acceptors (Lipinski definition) is 1.